The maximum absolute atomic E-state index is 13.2. The fourth-order valence-corrected chi connectivity index (χ4v) is 6.06. The molecule has 0 aliphatic heterocycles. The standard InChI is InChI=1S/C22H25FN4O6S2/c1-32-8-7-24-19(28)13-26-21(29)20(35(30,31)10-9-33-2)22-27-16-11-14(3-5-17(16)34-22)15-4-6-18(23)25-12-15/h3-6,11-12,20H,7-10,13H2,1-2H3,(H,24,28)(H,26,29). The van der Waals surface area contributed by atoms with Crippen LogP contribution in [0.1, 0.15) is 10.3 Å². The lowest BCUT2D eigenvalue weighted by atomic mass is 10.1. The van der Waals surface area contributed by atoms with Crippen LogP contribution in [0.25, 0.3) is 21.3 Å². The van der Waals surface area contributed by atoms with Crippen LogP contribution >= 0.6 is 11.3 Å². The van der Waals surface area contributed by atoms with E-state index in [1.807, 2.05) is 0 Å². The number of carbonyl (C=O) groups is 2. The molecule has 2 N–H and O–H groups in total. The van der Waals surface area contributed by atoms with Gasteiger partial charge in [0.25, 0.3) is 0 Å². The number of amides is 2. The number of nitrogens with zero attached hydrogens (tertiary/aromatic N) is 2. The van der Waals surface area contributed by atoms with Gasteiger partial charge in [-0.2, -0.15) is 4.39 Å². The number of fused-ring (bicyclic) bond motifs is 1. The molecule has 0 aliphatic carbocycles. The number of pyridine rings is 1. The second-order valence-electron chi connectivity index (χ2n) is 7.40. The molecule has 35 heavy (non-hydrogen) atoms. The number of aromatic nitrogens is 2. The highest BCUT2D eigenvalue weighted by Crippen LogP contribution is 2.33. The SMILES string of the molecule is COCCNC(=O)CNC(=O)C(c1nc2cc(-c3ccc(F)nc3)ccc2s1)S(=O)(=O)CCOC. The van der Waals surface area contributed by atoms with Crippen molar-refractivity contribution in [2.45, 2.75) is 5.25 Å². The van der Waals surface area contributed by atoms with Crippen molar-refractivity contribution in [2.75, 3.05) is 46.3 Å². The molecule has 0 saturated carbocycles. The molecule has 0 saturated heterocycles. The molecule has 0 bridgehead atoms. The number of thiazole rings is 1. The molecule has 1 atom stereocenters. The lowest BCUT2D eigenvalue weighted by Gasteiger charge is -2.15. The molecule has 3 aromatic rings. The zero-order chi connectivity index (χ0) is 25.4. The Labute approximate surface area is 205 Å². The van der Waals surface area contributed by atoms with E-state index in [4.69, 9.17) is 9.47 Å². The molecule has 1 unspecified atom stereocenters. The van der Waals surface area contributed by atoms with E-state index in [0.29, 0.717) is 28.0 Å². The second kappa shape index (κ2) is 12.1. The van der Waals surface area contributed by atoms with E-state index in [9.17, 15) is 22.4 Å². The van der Waals surface area contributed by atoms with Crippen molar-refractivity contribution in [1.82, 2.24) is 20.6 Å². The number of ether oxygens (including phenoxy) is 2. The van der Waals surface area contributed by atoms with Gasteiger partial charge in [0.2, 0.25) is 17.8 Å². The summed E-state index contributed by atoms with van der Waals surface area (Å²) in [5.41, 5.74) is 1.84. The first-order valence-electron chi connectivity index (χ1n) is 10.5. The number of halogens is 1. The van der Waals surface area contributed by atoms with Crippen LogP contribution in [0.5, 0.6) is 0 Å². The molecule has 2 amide bonds. The van der Waals surface area contributed by atoms with Crippen molar-refractivity contribution in [3.63, 3.8) is 0 Å². The molecule has 0 spiro atoms. The monoisotopic (exact) mass is 524 g/mol. The van der Waals surface area contributed by atoms with E-state index in [2.05, 4.69) is 20.6 Å². The first-order valence-corrected chi connectivity index (χ1v) is 13.0. The third-order valence-electron chi connectivity index (χ3n) is 4.91. The summed E-state index contributed by atoms with van der Waals surface area (Å²) in [5, 5.41) is 3.39. The zero-order valence-corrected chi connectivity index (χ0v) is 20.7. The van der Waals surface area contributed by atoms with Crippen molar-refractivity contribution in [3.8, 4) is 11.1 Å². The number of carbonyl (C=O) groups excluding carboxylic acids is 2. The van der Waals surface area contributed by atoms with Gasteiger partial charge in [0, 0.05) is 32.5 Å². The molecule has 0 aliphatic rings. The van der Waals surface area contributed by atoms with Crippen LogP contribution < -0.4 is 10.6 Å². The summed E-state index contributed by atoms with van der Waals surface area (Å²) in [6.45, 7) is 0.0572. The molecule has 10 nitrogen and oxygen atoms in total. The first kappa shape index (κ1) is 26.6. The summed E-state index contributed by atoms with van der Waals surface area (Å²) < 4.78 is 49.7. The summed E-state index contributed by atoms with van der Waals surface area (Å²) in [6.07, 6.45) is 1.38. The van der Waals surface area contributed by atoms with E-state index in [1.54, 1.807) is 24.3 Å². The Morgan fingerprint density at radius 2 is 1.83 bits per heavy atom. The van der Waals surface area contributed by atoms with Gasteiger partial charge in [-0.1, -0.05) is 6.07 Å². The molecule has 2 heterocycles. The minimum Gasteiger partial charge on any atom is -0.384 e. The van der Waals surface area contributed by atoms with E-state index in [-0.39, 0.29) is 18.2 Å². The average Bonchev–Trinajstić information content (AvgIpc) is 3.24. The number of hydrogen-bond donors (Lipinski definition) is 2. The Morgan fingerprint density at radius 1 is 1.09 bits per heavy atom. The Hall–Kier alpha value is -3.00. The number of methoxy groups -OCH3 is 2. The first-order chi connectivity index (χ1) is 16.7. The largest absolute Gasteiger partial charge is 0.384 e. The summed E-state index contributed by atoms with van der Waals surface area (Å²) in [7, 11) is -1.17. The van der Waals surface area contributed by atoms with Crippen LogP contribution in [0.4, 0.5) is 4.39 Å². The Balaban J connectivity index is 1.88. The molecule has 0 radical (unpaired) electrons. The van der Waals surface area contributed by atoms with Crippen LogP contribution in [-0.2, 0) is 28.9 Å². The highest BCUT2D eigenvalue weighted by molar-refractivity contribution is 7.92. The predicted molar refractivity (Wildman–Crippen MR) is 129 cm³/mol. The topological polar surface area (TPSA) is 137 Å². The number of sulfone groups is 1. The fourth-order valence-electron chi connectivity index (χ4n) is 3.14. The highest BCUT2D eigenvalue weighted by Gasteiger charge is 2.37. The number of rotatable bonds is 12. The lowest BCUT2D eigenvalue weighted by molar-refractivity contribution is -0.126. The smallest absolute Gasteiger partial charge is 0.245 e. The van der Waals surface area contributed by atoms with Gasteiger partial charge in [-0.05, 0) is 29.8 Å². The van der Waals surface area contributed by atoms with Gasteiger partial charge >= 0.3 is 0 Å². The van der Waals surface area contributed by atoms with Crippen molar-refractivity contribution in [1.29, 1.82) is 0 Å². The maximum atomic E-state index is 13.2. The molecular formula is C22H25FN4O6S2. The van der Waals surface area contributed by atoms with Gasteiger partial charge in [-0.3, -0.25) is 9.59 Å². The number of benzene rings is 1. The van der Waals surface area contributed by atoms with Crippen LogP contribution in [0.3, 0.4) is 0 Å². The molecule has 188 valence electrons. The van der Waals surface area contributed by atoms with Gasteiger partial charge in [-0.15, -0.1) is 11.3 Å². The van der Waals surface area contributed by atoms with E-state index < -0.39 is 45.1 Å². The summed E-state index contributed by atoms with van der Waals surface area (Å²) in [6, 6.07) is 8.04. The van der Waals surface area contributed by atoms with Crippen LogP contribution in [0.15, 0.2) is 36.5 Å². The van der Waals surface area contributed by atoms with Crippen molar-refractivity contribution >= 4 is 43.2 Å². The second-order valence-corrected chi connectivity index (χ2v) is 10.7. The quantitative estimate of drug-likeness (QED) is 0.269. The van der Waals surface area contributed by atoms with Crippen LogP contribution in [0.2, 0.25) is 0 Å². The van der Waals surface area contributed by atoms with Crippen LogP contribution in [-0.4, -0.2) is 76.5 Å². The van der Waals surface area contributed by atoms with E-state index in [1.165, 1.54) is 26.5 Å². The van der Waals surface area contributed by atoms with Crippen LogP contribution in [0, 0.1) is 5.95 Å². The third kappa shape index (κ3) is 7.01. The third-order valence-corrected chi connectivity index (χ3v) is 8.05. The lowest BCUT2D eigenvalue weighted by Crippen LogP contribution is -2.42. The minimum atomic E-state index is -4.01. The molecule has 2 aromatic heterocycles. The Bertz CT molecular complexity index is 1280. The number of hydrogen-bond acceptors (Lipinski definition) is 9. The van der Waals surface area contributed by atoms with Gasteiger partial charge in [-0.25, -0.2) is 18.4 Å². The Kier molecular flexibility index (Phi) is 9.20. The number of nitrogens with one attached hydrogen (secondary N) is 2. The predicted octanol–water partition coefficient (Wildman–Crippen LogP) is 1.48. The van der Waals surface area contributed by atoms with E-state index >= 15 is 0 Å². The summed E-state index contributed by atoms with van der Waals surface area (Å²) >= 11 is 1.07. The van der Waals surface area contributed by atoms with Crippen molar-refractivity contribution < 1.29 is 31.9 Å². The van der Waals surface area contributed by atoms with Gasteiger partial charge in [0.15, 0.2) is 15.1 Å². The van der Waals surface area contributed by atoms with Crippen molar-refractivity contribution in [3.05, 3.63) is 47.5 Å². The molecular weight excluding hydrogens is 499 g/mol. The summed E-state index contributed by atoms with van der Waals surface area (Å²) in [4.78, 5) is 33.0. The normalized spacial score (nSPS) is 12.4. The summed E-state index contributed by atoms with van der Waals surface area (Å²) in [5.74, 6) is -2.34. The van der Waals surface area contributed by atoms with Gasteiger partial charge < -0.3 is 20.1 Å². The van der Waals surface area contributed by atoms with E-state index in [0.717, 1.165) is 11.3 Å². The van der Waals surface area contributed by atoms with Crippen molar-refractivity contribution in [2.24, 2.45) is 0 Å². The van der Waals surface area contributed by atoms with Gasteiger partial charge in [0.1, 0.15) is 5.01 Å². The zero-order valence-electron chi connectivity index (χ0n) is 19.1. The highest BCUT2D eigenvalue weighted by atomic mass is 32.2. The fraction of sp³-hybridized carbons (Fsp3) is 0.364. The molecule has 13 heteroatoms. The minimum absolute atomic E-state index is 0.0720. The average molecular weight is 525 g/mol. The maximum Gasteiger partial charge on any atom is 0.245 e. The Morgan fingerprint density at radius 3 is 2.51 bits per heavy atom. The van der Waals surface area contributed by atoms with Gasteiger partial charge in [0.05, 0.1) is 35.7 Å². The molecule has 0 fully saturated rings. The molecule has 1 aromatic carbocycles. The molecule has 3 rings (SSSR count).